The standard InChI is InChI=1S/C15H21F3N4O3S/c16-15(17,18)11-20-14(23)12-1-3-13(4-2-12)26(24,25)21-7-10-22-8-5-19-6-9-22/h1-4,19,21H,5-11H2,(H,20,23). The lowest BCUT2D eigenvalue weighted by Gasteiger charge is -2.27. The summed E-state index contributed by atoms with van der Waals surface area (Å²) >= 11 is 0. The molecule has 1 fully saturated rings. The van der Waals surface area contributed by atoms with Gasteiger partial charge < -0.3 is 10.6 Å². The summed E-state index contributed by atoms with van der Waals surface area (Å²) in [5.74, 6) is -0.919. The van der Waals surface area contributed by atoms with E-state index in [1.54, 1.807) is 5.32 Å². The van der Waals surface area contributed by atoms with Gasteiger partial charge in [0.05, 0.1) is 4.90 Å². The highest BCUT2D eigenvalue weighted by Gasteiger charge is 2.28. The van der Waals surface area contributed by atoms with Crippen LogP contribution in [-0.2, 0) is 10.0 Å². The van der Waals surface area contributed by atoms with Gasteiger partial charge in [0.25, 0.3) is 5.91 Å². The molecule has 2 rings (SSSR count). The summed E-state index contributed by atoms with van der Waals surface area (Å²) in [6.45, 7) is 2.82. The van der Waals surface area contributed by atoms with Gasteiger partial charge in [-0.3, -0.25) is 9.69 Å². The van der Waals surface area contributed by atoms with E-state index >= 15 is 0 Å². The van der Waals surface area contributed by atoms with Crippen molar-refractivity contribution in [2.45, 2.75) is 11.1 Å². The Hall–Kier alpha value is -1.69. The minimum atomic E-state index is -4.51. The number of sulfonamides is 1. The maximum absolute atomic E-state index is 12.2. The number of alkyl halides is 3. The maximum atomic E-state index is 12.2. The van der Waals surface area contributed by atoms with Gasteiger partial charge in [-0.05, 0) is 24.3 Å². The lowest BCUT2D eigenvalue weighted by Crippen LogP contribution is -2.46. The van der Waals surface area contributed by atoms with Gasteiger partial charge in [0.1, 0.15) is 6.54 Å². The van der Waals surface area contributed by atoms with Gasteiger partial charge in [-0.1, -0.05) is 0 Å². The topological polar surface area (TPSA) is 90.5 Å². The van der Waals surface area contributed by atoms with Crippen LogP contribution < -0.4 is 15.4 Å². The molecule has 1 aliphatic heterocycles. The van der Waals surface area contributed by atoms with Crippen molar-refractivity contribution in [3.63, 3.8) is 0 Å². The lowest BCUT2D eigenvalue weighted by molar-refractivity contribution is -0.123. The molecule has 3 N–H and O–H groups in total. The van der Waals surface area contributed by atoms with Crippen LogP contribution >= 0.6 is 0 Å². The molecule has 0 unspecified atom stereocenters. The molecule has 7 nitrogen and oxygen atoms in total. The Labute approximate surface area is 150 Å². The fourth-order valence-electron chi connectivity index (χ4n) is 2.42. The summed E-state index contributed by atoms with van der Waals surface area (Å²) in [6.07, 6.45) is -4.51. The van der Waals surface area contributed by atoms with E-state index in [1.165, 1.54) is 24.3 Å². The van der Waals surface area contributed by atoms with Gasteiger partial charge in [0.15, 0.2) is 0 Å². The fraction of sp³-hybridized carbons (Fsp3) is 0.533. The first-order valence-corrected chi connectivity index (χ1v) is 9.53. The Morgan fingerprint density at radius 3 is 2.35 bits per heavy atom. The second-order valence-electron chi connectivity index (χ2n) is 5.81. The van der Waals surface area contributed by atoms with E-state index in [1.807, 2.05) is 0 Å². The van der Waals surface area contributed by atoms with Gasteiger partial charge >= 0.3 is 6.18 Å². The molecule has 1 saturated heterocycles. The molecule has 146 valence electrons. The van der Waals surface area contributed by atoms with E-state index in [9.17, 15) is 26.4 Å². The summed E-state index contributed by atoms with van der Waals surface area (Å²) in [4.78, 5) is 13.7. The van der Waals surface area contributed by atoms with Crippen LogP contribution in [0.3, 0.4) is 0 Å². The first kappa shape index (κ1) is 20.6. The molecule has 0 aromatic heterocycles. The first-order valence-electron chi connectivity index (χ1n) is 8.05. The monoisotopic (exact) mass is 394 g/mol. The fourth-order valence-corrected chi connectivity index (χ4v) is 3.45. The second kappa shape index (κ2) is 8.80. The molecule has 0 radical (unpaired) electrons. The average molecular weight is 394 g/mol. The highest BCUT2D eigenvalue weighted by Crippen LogP contribution is 2.14. The zero-order chi connectivity index (χ0) is 19.2. The van der Waals surface area contributed by atoms with Crippen molar-refractivity contribution in [1.29, 1.82) is 0 Å². The number of nitrogens with one attached hydrogen (secondary N) is 3. The van der Waals surface area contributed by atoms with Crippen LogP contribution in [0.1, 0.15) is 10.4 Å². The molecule has 0 atom stereocenters. The molecule has 1 aromatic carbocycles. The lowest BCUT2D eigenvalue weighted by atomic mass is 10.2. The summed E-state index contributed by atoms with van der Waals surface area (Å²) < 4.78 is 63.2. The van der Waals surface area contributed by atoms with E-state index in [0.717, 1.165) is 26.2 Å². The van der Waals surface area contributed by atoms with E-state index in [2.05, 4.69) is 14.9 Å². The summed E-state index contributed by atoms with van der Waals surface area (Å²) in [7, 11) is -3.74. The summed E-state index contributed by atoms with van der Waals surface area (Å²) in [5.41, 5.74) is -0.0472. The number of halogens is 3. The highest BCUT2D eigenvalue weighted by molar-refractivity contribution is 7.89. The minimum Gasteiger partial charge on any atom is -0.343 e. The Balaban J connectivity index is 1.88. The molecule has 1 aromatic rings. The number of piperazine rings is 1. The maximum Gasteiger partial charge on any atom is 0.405 e. The molecule has 26 heavy (non-hydrogen) atoms. The highest BCUT2D eigenvalue weighted by atomic mass is 32.2. The van der Waals surface area contributed by atoms with Gasteiger partial charge in [-0.25, -0.2) is 13.1 Å². The predicted molar refractivity (Wildman–Crippen MR) is 89.3 cm³/mol. The third kappa shape index (κ3) is 6.56. The molecule has 0 saturated carbocycles. The van der Waals surface area contributed by atoms with Crippen LogP contribution in [0.2, 0.25) is 0 Å². The van der Waals surface area contributed by atoms with Crippen LogP contribution in [-0.4, -0.2) is 71.2 Å². The first-order chi connectivity index (χ1) is 12.2. The third-order valence-corrected chi connectivity index (χ3v) is 5.28. The van der Waals surface area contributed by atoms with Gasteiger partial charge in [0, 0.05) is 44.8 Å². The summed E-state index contributed by atoms with van der Waals surface area (Å²) in [6, 6.07) is 4.73. The number of benzene rings is 1. The van der Waals surface area contributed by atoms with Crippen LogP contribution in [0.25, 0.3) is 0 Å². The van der Waals surface area contributed by atoms with Crippen molar-refractivity contribution in [3.05, 3.63) is 29.8 Å². The Kier molecular flexibility index (Phi) is 6.98. The molecule has 0 aliphatic carbocycles. The zero-order valence-electron chi connectivity index (χ0n) is 14.0. The number of carbonyl (C=O) groups is 1. The SMILES string of the molecule is O=C(NCC(F)(F)F)c1ccc(S(=O)(=O)NCCN2CCNCC2)cc1. The second-order valence-corrected chi connectivity index (χ2v) is 7.58. The average Bonchev–Trinajstić information content (AvgIpc) is 2.60. The number of rotatable bonds is 7. The molecule has 1 amide bonds. The van der Waals surface area contributed by atoms with Crippen molar-refractivity contribution in [1.82, 2.24) is 20.3 Å². The predicted octanol–water partition coefficient (Wildman–Crippen LogP) is 0.162. The normalized spacial score (nSPS) is 16.4. The van der Waals surface area contributed by atoms with Crippen molar-refractivity contribution in [2.24, 2.45) is 0 Å². The molecule has 1 heterocycles. The van der Waals surface area contributed by atoms with Crippen molar-refractivity contribution >= 4 is 15.9 Å². The smallest absolute Gasteiger partial charge is 0.343 e. The third-order valence-electron chi connectivity index (χ3n) is 3.81. The van der Waals surface area contributed by atoms with Crippen LogP contribution in [0.15, 0.2) is 29.2 Å². The van der Waals surface area contributed by atoms with Crippen molar-refractivity contribution in [2.75, 3.05) is 45.8 Å². The minimum absolute atomic E-state index is 0.0472. The van der Waals surface area contributed by atoms with Gasteiger partial charge in [-0.15, -0.1) is 0 Å². The quantitative estimate of drug-likeness (QED) is 0.613. The van der Waals surface area contributed by atoms with Crippen LogP contribution in [0.5, 0.6) is 0 Å². The van der Waals surface area contributed by atoms with E-state index < -0.39 is 28.7 Å². The molecule has 0 bridgehead atoms. The van der Waals surface area contributed by atoms with Crippen molar-refractivity contribution in [3.8, 4) is 0 Å². The number of hydrogen-bond acceptors (Lipinski definition) is 5. The van der Waals surface area contributed by atoms with Crippen molar-refractivity contribution < 1.29 is 26.4 Å². The molecule has 11 heteroatoms. The van der Waals surface area contributed by atoms with Gasteiger partial charge in [-0.2, -0.15) is 13.2 Å². The Bertz CT molecular complexity index is 702. The Morgan fingerprint density at radius 1 is 1.15 bits per heavy atom. The zero-order valence-corrected chi connectivity index (χ0v) is 14.8. The molecular formula is C15H21F3N4O3S. The van der Waals surface area contributed by atoms with Gasteiger partial charge in [0.2, 0.25) is 10.0 Å². The molecule has 0 spiro atoms. The number of hydrogen-bond donors (Lipinski definition) is 3. The van der Waals surface area contributed by atoms with Crippen LogP contribution in [0.4, 0.5) is 13.2 Å². The number of carbonyl (C=O) groups excluding carboxylic acids is 1. The number of amides is 1. The summed E-state index contributed by atoms with van der Waals surface area (Å²) in [5, 5.41) is 4.93. The van der Waals surface area contributed by atoms with E-state index in [4.69, 9.17) is 0 Å². The molecular weight excluding hydrogens is 373 g/mol. The largest absolute Gasteiger partial charge is 0.405 e. The van der Waals surface area contributed by atoms with Crippen LogP contribution in [0, 0.1) is 0 Å². The Morgan fingerprint density at radius 2 is 1.77 bits per heavy atom. The van der Waals surface area contributed by atoms with E-state index in [-0.39, 0.29) is 17.0 Å². The van der Waals surface area contributed by atoms with E-state index in [0.29, 0.717) is 6.54 Å². The molecule has 1 aliphatic rings. The number of nitrogens with zero attached hydrogens (tertiary/aromatic N) is 1.